The van der Waals surface area contributed by atoms with Crippen molar-refractivity contribution in [2.45, 2.75) is 67.7 Å². The SMILES string of the molecule is O=C(N[C@H]1CC[C@@]2(O)[C@H]3Cc4ccc(O)c5c4[C@@]2(CCN3CC2CC2)[C@H]1O5)c1cccc2c(-c3ccccc3)c[nH]c12. The van der Waals surface area contributed by atoms with Gasteiger partial charge < -0.3 is 25.3 Å². The molecule has 1 aromatic heterocycles. The summed E-state index contributed by atoms with van der Waals surface area (Å²) in [5.41, 5.74) is 4.07. The number of hydrogen-bond donors (Lipinski definition) is 4. The van der Waals surface area contributed by atoms with Crippen LogP contribution in [-0.2, 0) is 11.8 Å². The maximum Gasteiger partial charge on any atom is 0.253 e. The predicted octanol–water partition coefficient (Wildman–Crippen LogP) is 4.90. The monoisotopic (exact) mass is 561 g/mol. The number of para-hydroxylation sites is 1. The number of benzene rings is 3. The zero-order valence-corrected chi connectivity index (χ0v) is 23.5. The molecule has 3 fully saturated rings. The molecule has 3 heterocycles. The second kappa shape index (κ2) is 8.62. The van der Waals surface area contributed by atoms with Gasteiger partial charge in [-0.25, -0.2) is 0 Å². The maximum absolute atomic E-state index is 14.0. The van der Waals surface area contributed by atoms with Gasteiger partial charge in [-0.2, -0.15) is 0 Å². The van der Waals surface area contributed by atoms with E-state index in [1.165, 1.54) is 12.8 Å². The normalized spacial score (nSPS) is 31.0. The lowest BCUT2D eigenvalue weighted by Gasteiger charge is -2.64. The Bertz CT molecular complexity index is 1750. The van der Waals surface area contributed by atoms with Crippen molar-refractivity contribution < 1.29 is 19.7 Å². The molecule has 3 aromatic carbocycles. The first-order valence-corrected chi connectivity index (χ1v) is 15.4. The van der Waals surface area contributed by atoms with Crippen LogP contribution in [0.25, 0.3) is 22.0 Å². The molecule has 9 rings (SSSR count). The van der Waals surface area contributed by atoms with Crippen molar-refractivity contribution in [1.82, 2.24) is 15.2 Å². The van der Waals surface area contributed by atoms with Gasteiger partial charge in [-0.15, -0.1) is 0 Å². The molecule has 42 heavy (non-hydrogen) atoms. The van der Waals surface area contributed by atoms with E-state index in [4.69, 9.17) is 4.74 Å². The van der Waals surface area contributed by atoms with Crippen molar-refractivity contribution >= 4 is 16.8 Å². The van der Waals surface area contributed by atoms with Crippen LogP contribution in [0.1, 0.15) is 53.6 Å². The summed E-state index contributed by atoms with van der Waals surface area (Å²) in [6.07, 6.45) is 6.79. The number of amides is 1. The van der Waals surface area contributed by atoms with Crippen LogP contribution in [0.2, 0.25) is 0 Å². The number of rotatable bonds is 5. The zero-order chi connectivity index (χ0) is 28.2. The third-order valence-corrected chi connectivity index (χ3v) is 11.1. The van der Waals surface area contributed by atoms with Gasteiger partial charge in [0.25, 0.3) is 5.91 Å². The number of phenols is 1. The molecule has 1 amide bonds. The molecule has 5 atom stereocenters. The third kappa shape index (κ3) is 3.21. The largest absolute Gasteiger partial charge is 0.504 e. The van der Waals surface area contributed by atoms with E-state index in [0.29, 0.717) is 24.2 Å². The van der Waals surface area contributed by atoms with Gasteiger partial charge in [-0.05, 0) is 74.2 Å². The van der Waals surface area contributed by atoms with Crippen LogP contribution < -0.4 is 10.1 Å². The lowest BCUT2D eigenvalue weighted by Crippen LogP contribution is -2.78. The Labute approximate surface area is 244 Å². The van der Waals surface area contributed by atoms with Crippen LogP contribution in [0.5, 0.6) is 11.5 Å². The van der Waals surface area contributed by atoms with Crippen LogP contribution in [0.4, 0.5) is 0 Å². The number of aliphatic hydroxyl groups is 1. The highest BCUT2D eigenvalue weighted by Crippen LogP contribution is 2.65. The molecule has 1 spiro atoms. The smallest absolute Gasteiger partial charge is 0.253 e. The molecule has 7 heteroatoms. The van der Waals surface area contributed by atoms with Gasteiger partial charge in [0.2, 0.25) is 0 Å². The van der Waals surface area contributed by atoms with Gasteiger partial charge in [0.05, 0.1) is 28.1 Å². The zero-order valence-electron chi connectivity index (χ0n) is 23.5. The first-order valence-electron chi connectivity index (χ1n) is 15.4. The van der Waals surface area contributed by atoms with Gasteiger partial charge in [-0.3, -0.25) is 9.69 Å². The fourth-order valence-corrected chi connectivity index (χ4v) is 9.08. The number of nitrogens with zero attached hydrogens (tertiary/aromatic N) is 1. The highest BCUT2D eigenvalue weighted by Gasteiger charge is 2.73. The van der Waals surface area contributed by atoms with Crippen molar-refractivity contribution in [3.8, 4) is 22.6 Å². The van der Waals surface area contributed by atoms with Gasteiger partial charge >= 0.3 is 0 Å². The van der Waals surface area contributed by atoms with Crippen molar-refractivity contribution in [3.05, 3.63) is 83.6 Å². The summed E-state index contributed by atoms with van der Waals surface area (Å²) < 4.78 is 6.65. The van der Waals surface area contributed by atoms with Crippen LogP contribution in [0.3, 0.4) is 0 Å². The number of hydrogen-bond acceptors (Lipinski definition) is 5. The van der Waals surface area contributed by atoms with E-state index in [-0.39, 0.29) is 23.7 Å². The van der Waals surface area contributed by atoms with Crippen LogP contribution >= 0.6 is 0 Å². The molecule has 2 saturated carbocycles. The number of phenolic OH excluding ortho intramolecular Hbond substituents is 1. The second-order valence-electron chi connectivity index (χ2n) is 13.2. The fraction of sp³-hybridized carbons (Fsp3) is 0.400. The summed E-state index contributed by atoms with van der Waals surface area (Å²) in [6.45, 7) is 1.93. The Morgan fingerprint density at radius 3 is 2.74 bits per heavy atom. The summed E-state index contributed by atoms with van der Waals surface area (Å²) in [4.78, 5) is 19.9. The Balaban J connectivity index is 1.08. The molecule has 7 nitrogen and oxygen atoms in total. The van der Waals surface area contributed by atoms with Crippen LogP contribution in [0.15, 0.2) is 66.9 Å². The van der Waals surface area contributed by atoms with Crippen molar-refractivity contribution in [2.24, 2.45) is 5.92 Å². The molecule has 5 aliphatic rings. The molecule has 0 radical (unpaired) electrons. The molecule has 2 aliphatic heterocycles. The lowest BCUT2D eigenvalue weighted by atomic mass is 9.48. The van der Waals surface area contributed by atoms with E-state index in [9.17, 15) is 15.0 Å². The molecule has 2 bridgehead atoms. The number of aromatic hydroxyl groups is 1. The lowest BCUT2D eigenvalue weighted by molar-refractivity contribution is -0.191. The van der Waals surface area contributed by atoms with Crippen LogP contribution in [-0.4, -0.2) is 62.9 Å². The Kier molecular flexibility index (Phi) is 5.08. The first-order chi connectivity index (χ1) is 20.5. The number of fused-ring (bicyclic) bond motifs is 1. The number of carbonyl (C=O) groups excluding carboxylic acids is 1. The minimum Gasteiger partial charge on any atom is -0.504 e. The van der Waals surface area contributed by atoms with E-state index in [1.54, 1.807) is 6.07 Å². The van der Waals surface area contributed by atoms with Crippen molar-refractivity contribution in [3.63, 3.8) is 0 Å². The first kappa shape index (κ1) is 24.8. The summed E-state index contributed by atoms with van der Waals surface area (Å²) >= 11 is 0. The number of ether oxygens (including phenoxy) is 1. The van der Waals surface area contributed by atoms with E-state index in [1.807, 2.05) is 48.7 Å². The molecule has 4 aromatic rings. The maximum atomic E-state index is 14.0. The quantitative estimate of drug-likeness (QED) is 0.278. The molecule has 214 valence electrons. The molecular formula is C35H35N3O4. The highest BCUT2D eigenvalue weighted by molar-refractivity contribution is 6.09. The molecular weight excluding hydrogens is 526 g/mol. The molecule has 3 aliphatic carbocycles. The van der Waals surface area contributed by atoms with E-state index >= 15 is 0 Å². The number of likely N-dealkylation sites (tertiary alicyclic amines) is 1. The second-order valence-corrected chi connectivity index (χ2v) is 13.2. The van der Waals surface area contributed by atoms with Crippen molar-refractivity contribution in [2.75, 3.05) is 13.1 Å². The van der Waals surface area contributed by atoms with E-state index in [0.717, 1.165) is 65.0 Å². The molecule has 0 unspecified atom stereocenters. The minimum absolute atomic E-state index is 0.0154. The number of piperidine rings is 1. The summed E-state index contributed by atoms with van der Waals surface area (Å²) in [6, 6.07) is 19.5. The topological polar surface area (TPSA) is 97.8 Å². The van der Waals surface area contributed by atoms with Gasteiger partial charge in [0.15, 0.2) is 11.5 Å². The van der Waals surface area contributed by atoms with Crippen LogP contribution in [0, 0.1) is 5.92 Å². The van der Waals surface area contributed by atoms with E-state index in [2.05, 4.69) is 27.3 Å². The number of H-pyrrole nitrogens is 1. The standard InChI is InChI=1S/C35H35N3O4/c39-27-12-11-22-17-28-35(41)14-13-26(32-34(35,29(22)31(27)42-32)15-16-38(28)19-20-9-10-20)37-33(40)24-8-4-7-23-25(18-36-30(23)24)21-5-2-1-3-6-21/h1-8,11-12,18,20,26,28,32,36,39,41H,9-10,13-17,19H2,(H,37,40)/t26-,28+,32-,34-,35+/m0/s1. The highest BCUT2D eigenvalue weighted by atomic mass is 16.5. The molecule has 1 saturated heterocycles. The number of aromatic amines is 1. The average molecular weight is 562 g/mol. The third-order valence-electron chi connectivity index (χ3n) is 11.1. The predicted molar refractivity (Wildman–Crippen MR) is 160 cm³/mol. The Morgan fingerprint density at radius 1 is 1.05 bits per heavy atom. The Morgan fingerprint density at radius 2 is 1.90 bits per heavy atom. The van der Waals surface area contributed by atoms with Gasteiger partial charge in [-0.1, -0.05) is 48.5 Å². The number of aromatic nitrogens is 1. The number of carbonyl (C=O) groups is 1. The Hall–Kier alpha value is -3.81. The van der Waals surface area contributed by atoms with Crippen molar-refractivity contribution in [1.29, 1.82) is 0 Å². The van der Waals surface area contributed by atoms with E-state index < -0.39 is 17.1 Å². The van der Waals surface area contributed by atoms with Gasteiger partial charge in [0.1, 0.15) is 6.10 Å². The minimum atomic E-state index is -0.970. The van der Waals surface area contributed by atoms with Gasteiger partial charge in [0, 0.05) is 35.3 Å². The summed E-state index contributed by atoms with van der Waals surface area (Å²) in [5, 5.41) is 28.0. The average Bonchev–Trinajstić information content (AvgIpc) is 3.59. The molecule has 4 N–H and O–H groups in total. The number of nitrogens with one attached hydrogen (secondary N) is 2. The fourth-order valence-electron chi connectivity index (χ4n) is 9.08. The summed E-state index contributed by atoms with van der Waals surface area (Å²) in [5.74, 6) is 1.21. The summed E-state index contributed by atoms with van der Waals surface area (Å²) in [7, 11) is 0.